The summed E-state index contributed by atoms with van der Waals surface area (Å²) in [4.78, 5) is 0. The van der Waals surface area contributed by atoms with Gasteiger partial charge in [-0.15, -0.1) is 0 Å². The van der Waals surface area contributed by atoms with Crippen LogP contribution < -0.4 is 5.32 Å². The van der Waals surface area contributed by atoms with Crippen LogP contribution in [0.1, 0.15) is 24.1 Å². The standard InChI is InChI=1S/C15H13ClF3NO/c1-9(10-5-7-11(21)8-6-10)20-14-12(15(17,18)19)3-2-4-13(14)16/h2-9,20-21H,1H3. The number of hydrogen-bond donors (Lipinski definition) is 2. The normalized spacial score (nSPS) is 13.0. The minimum absolute atomic E-state index is 0.00968. The zero-order valence-corrected chi connectivity index (χ0v) is 11.8. The maximum absolute atomic E-state index is 13.0. The van der Waals surface area contributed by atoms with E-state index >= 15 is 0 Å². The Morgan fingerprint density at radius 2 is 1.71 bits per heavy atom. The summed E-state index contributed by atoms with van der Waals surface area (Å²) in [6.45, 7) is 1.72. The third-order valence-corrected chi connectivity index (χ3v) is 3.39. The third kappa shape index (κ3) is 3.61. The lowest BCUT2D eigenvalue weighted by atomic mass is 10.1. The van der Waals surface area contributed by atoms with Gasteiger partial charge in [-0.1, -0.05) is 29.8 Å². The molecule has 2 nitrogen and oxygen atoms in total. The van der Waals surface area contributed by atoms with Crippen LogP contribution in [0.4, 0.5) is 18.9 Å². The molecule has 0 amide bonds. The van der Waals surface area contributed by atoms with E-state index in [1.165, 1.54) is 24.3 Å². The van der Waals surface area contributed by atoms with E-state index in [1.54, 1.807) is 19.1 Å². The Morgan fingerprint density at radius 1 is 1.10 bits per heavy atom. The molecule has 0 spiro atoms. The molecule has 0 aromatic heterocycles. The summed E-state index contributed by atoms with van der Waals surface area (Å²) in [5.74, 6) is 0.0969. The van der Waals surface area contributed by atoms with E-state index in [0.29, 0.717) is 0 Å². The van der Waals surface area contributed by atoms with Crippen molar-refractivity contribution >= 4 is 17.3 Å². The molecule has 0 aliphatic rings. The van der Waals surface area contributed by atoms with Crippen LogP contribution in [0.5, 0.6) is 5.75 Å². The molecule has 0 saturated heterocycles. The second-order valence-corrected chi connectivity index (χ2v) is 5.02. The lowest BCUT2D eigenvalue weighted by Crippen LogP contribution is -2.14. The number of alkyl halides is 3. The largest absolute Gasteiger partial charge is 0.508 e. The molecule has 1 unspecified atom stereocenters. The van der Waals surface area contributed by atoms with Crippen molar-refractivity contribution in [2.75, 3.05) is 5.32 Å². The molecule has 0 heterocycles. The number of rotatable bonds is 3. The first-order valence-corrected chi connectivity index (χ1v) is 6.58. The molecule has 0 bridgehead atoms. The smallest absolute Gasteiger partial charge is 0.418 e. The van der Waals surface area contributed by atoms with Crippen LogP contribution in [0.2, 0.25) is 5.02 Å². The van der Waals surface area contributed by atoms with E-state index in [2.05, 4.69) is 5.32 Å². The van der Waals surface area contributed by atoms with Gasteiger partial charge in [0.25, 0.3) is 0 Å². The van der Waals surface area contributed by atoms with Gasteiger partial charge >= 0.3 is 6.18 Å². The quantitative estimate of drug-likeness (QED) is 0.812. The molecule has 1 atom stereocenters. The summed E-state index contributed by atoms with van der Waals surface area (Å²) in [5, 5.41) is 12.0. The number of anilines is 1. The number of aromatic hydroxyl groups is 1. The molecule has 2 N–H and O–H groups in total. The highest BCUT2D eigenvalue weighted by molar-refractivity contribution is 6.33. The predicted molar refractivity (Wildman–Crippen MR) is 76.6 cm³/mol. The summed E-state index contributed by atoms with van der Waals surface area (Å²) in [7, 11) is 0. The minimum Gasteiger partial charge on any atom is -0.508 e. The van der Waals surface area contributed by atoms with Gasteiger partial charge in [0.05, 0.1) is 16.3 Å². The van der Waals surface area contributed by atoms with Gasteiger partial charge < -0.3 is 10.4 Å². The first-order chi connectivity index (χ1) is 9.79. The number of benzene rings is 2. The van der Waals surface area contributed by atoms with Gasteiger partial charge in [-0.2, -0.15) is 13.2 Å². The lowest BCUT2D eigenvalue weighted by molar-refractivity contribution is -0.137. The van der Waals surface area contributed by atoms with Gasteiger partial charge in [-0.3, -0.25) is 0 Å². The van der Waals surface area contributed by atoms with Crippen molar-refractivity contribution in [3.05, 3.63) is 58.6 Å². The van der Waals surface area contributed by atoms with Gasteiger partial charge in [-0.25, -0.2) is 0 Å². The minimum atomic E-state index is -4.48. The Morgan fingerprint density at radius 3 is 2.29 bits per heavy atom. The van der Waals surface area contributed by atoms with Crippen molar-refractivity contribution < 1.29 is 18.3 Å². The predicted octanol–water partition coefficient (Wildman–Crippen LogP) is 5.24. The molecule has 0 aliphatic carbocycles. The summed E-state index contributed by atoms with van der Waals surface area (Å²) in [6, 6.07) is 9.48. The summed E-state index contributed by atoms with van der Waals surface area (Å²) < 4.78 is 39.0. The molecule has 112 valence electrons. The average Bonchev–Trinajstić information content (AvgIpc) is 2.40. The summed E-state index contributed by atoms with van der Waals surface area (Å²) in [6.07, 6.45) is -4.48. The van der Waals surface area contributed by atoms with Crippen LogP contribution in [0, 0.1) is 0 Å². The van der Waals surface area contributed by atoms with Gasteiger partial charge in [0, 0.05) is 6.04 Å². The van der Waals surface area contributed by atoms with E-state index in [-0.39, 0.29) is 16.5 Å². The Kier molecular flexibility index (Phi) is 4.32. The molecule has 21 heavy (non-hydrogen) atoms. The van der Waals surface area contributed by atoms with E-state index in [1.807, 2.05) is 0 Å². The monoisotopic (exact) mass is 315 g/mol. The van der Waals surface area contributed by atoms with Crippen LogP contribution in [0.25, 0.3) is 0 Å². The molecule has 0 saturated carbocycles. The highest BCUT2D eigenvalue weighted by Gasteiger charge is 2.34. The molecule has 0 radical (unpaired) electrons. The maximum Gasteiger partial charge on any atom is 0.418 e. The van der Waals surface area contributed by atoms with Gasteiger partial charge in [0.1, 0.15) is 5.75 Å². The SMILES string of the molecule is CC(Nc1c(Cl)cccc1C(F)(F)F)c1ccc(O)cc1. The van der Waals surface area contributed by atoms with Gasteiger partial charge in [0.15, 0.2) is 0 Å². The van der Waals surface area contributed by atoms with Crippen molar-refractivity contribution in [1.82, 2.24) is 0 Å². The maximum atomic E-state index is 13.0. The fourth-order valence-electron chi connectivity index (χ4n) is 1.97. The van der Waals surface area contributed by atoms with E-state index in [4.69, 9.17) is 11.6 Å². The molecule has 2 aromatic rings. The molecule has 2 rings (SSSR count). The number of nitrogens with one attached hydrogen (secondary N) is 1. The highest BCUT2D eigenvalue weighted by atomic mass is 35.5. The second kappa shape index (κ2) is 5.85. The molecule has 6 heteroatoms. The van der Waals surface area contributed by atoms with E-state index in [0.717, 1.165) is 11.6 Å². The van der Waals surface area contributed by atoms with Crippen LogP contribution >= 0.6 is 11.6 Å². The molecule has 0 aliphatic heterocycles. The zero-order chi connectivity index (χ0) is 15.6. The van der Waals surface area contributed by atoms with Crippen LogP contribution in [0.3, 0.4) is 0 Å². The van der Waals surface area contributed by atoms with Crippen LogP contribution in [-0.2, 0) is 6.18 Å². The number of phenolic OH excluding ortho intramolecular Hbond substituents is 1. The molecule has 0 fully saturated rings. The van der Waals surface area contributed by atoms with Gasteiger partial charge in [0.2, 0.25) is 0 Å². The summed E-state index contributed by atoms with van der Waals surface area (Å²) in [5.41, 5.74) is -0.214. The Hall–Kier alpha value is -1.88. The Balaban J connectivity index is 2.33. The Labute approximate surface area is 125 Å². The third-order valence-electron chi connectivity index (χ3n) is 3.07. The van der Waals surface area contributed by atoms with E-state index in [9.17, 15) is 18.3 Å². The first kappa shape index (κ1) is 15.5. The van der Waals surface area contributed by atoms with E-state index < -0.39 is 17.8 Å². The van der Waals surface area contributed by atoms with Crippen LogP contribution in [-0.4, -0.2) is 5.11 Å². The molecule has 2 aromatic carbocycles. The van der Waals surface area contributed by atoms with Crippen LogP contribution in [0.15, 0.2) is 42.5 Å². The number of halogens is 4. The zero-order valence-electron chi connectivity index (χ0n) is 11.1. The van der Waals surface area contributed by atoms with Crippen molar-refractivity contribution in [3.8, 4) is 5.75 Å². The highest BCUT2D eigenvalue weighted by Crippen LogP contribution is 2.39. The second-order valence-electron chi connectivity index (χ2n) is 4.62. The number of para-hydroxylation sites is 1. The molecular formula is C15H13ClF3NO. The fraction of sp³-hybridized carbons (Fsp3) is 0.200. The van der Waals surface area contributed by atoms with Crippen molar-refractivity contribution in [2.24, 2.45) is 0 Å². The van der Waals surface area contributed by atoms with Gasteiger partial charge in [-0.05, 0) is 36.8 Å². The fourth-order valence-corrected chi connectivity index (χ4v) is 2.20. The summed E-state index contributed by atoms with van der Waals surface area (Å²) >= 11 is 5.89. The Bertz CT molecular complexity index is 626. The number of hydrogen-bond acceptors (Lipinski definition) is 2. The average molecular weight is 316 g/mol. The van der Waals surface area contributed by atoms with Crippen molar-refractivity contribution in [1.29, 1.82) is 0 Å². The number of phenols is 1. The lowest BCUT2D eigenvalue weighted by Gasteiger charge is -2.21. The topological polar surface area (TPSA) is 32.3 Å². The molecular weight excluding hydrogens is 303 g/mol. The van der Waals surface area contributed by atoms with Crippen molar-refractivity contribution in [3.63, 3.8) is 0 Å². The first-order valence-electron chi connectivity index (χ1n) is 6.20. The van der Waals surface area contributed by atoms with Crippen molar-refractivity contribution in [2.45, 2.75) is 19.1 Å².